The second-order valence-corrected chi connectivity index (χ2v) is 4.76. The lowest BCUT2D eigenvalue weighted by atomic mass is 10.2. The van der Waals surface area contributed by atoms with Crippen LogP contribution >= 0.6 is 11.6 Å². The van der Waals surface area contributed by atoms with Gasteiger partial charge in [-0.2, -0.15) is 0 Å². The molecule has 0 aliphatic rings. The monoisotopic (exact) mass is 302 g/mol. The number of pyridine rings is 1. The van der Waals surface area contributed by atoms with Crippen LogP contribution in [0.25, 0.3) is 16.9 Å². The Morgan fingerprint density at radius 3 is 2.86 bits per heavy atom. The van der Waals surface area contributed by atoms with E-state index in [-0.39, 0.29) is 0 Å². The molecule has 3 aromatic rings. The number of ether oxygens (including phenoxy) is 2. The minimum atomic E-state index is -0.760. The normalized spacial score (nSPS) is 10.6. The van der Waals surface area contributed by atoms with Crippen molar-refractivity contribution >= 4 is 23.4 Å². The van der Waals surface area contributed by atoms with Crippen molar-refractivity contribution in [2.45, 2.75) is 0 Å². The first-order chi connectivity index (χ1) is 10.2. The highest BCUT2D eigenvalue weighted by molar-refractivity contribution is 6.30. The number of benzene rings is 1. The van der Waals surface area contributed by atoms with Crippen LogP contribution in [0.2, 0.25) is 5.02 Å². The Morgan fingerprint density at radius 1 is 1.24 bits per heavy atom. The lowest BCUT2D eigenvalue weighted by molar-refractivity contribution is 0.121. The zero-order valence-electron chi connectivity index (χ0n) is 11.1. The van der Waals surface area contributed by atoms with E-state index in [2.05, 4.69) is 9.72 Å². The summed E-state index contributed by atoms with van der Waals surface area (Å²) in [5, 5.41) is 0.652. The summed E-state index contributed by atoms with van der Waals surface area (Å²) in [7, 11) is 1.26. The number of hydrogen-bond donors (Lipinski definition) is 0. The Labute approximate surface area is 125 Å². The average Bonchev–Trinajstić information content (AvgIpc) is 2.90. The summed E-state index contributed by atoms with van der Waals surface area (Å²) in [4.78, 5) is 15.6. The molecule has 5 nitrogen and oxygen atoms in total. The van der Waals surface area contributed by atoms with Crippen LogP contribution in [0.5, 0.6) is 5.75 Å². The molecule has 21 heavy (non-hydrogen) atoms. The summed E-state index contributed by atoms with van der Waals surface area (Å²) in [5.41, 5.74) is 2.44. The van der Waals surface area contributed by atoms with E-state index < -0.39 is 6.16 Å². The van der Waals surface area contributed by atoms with Gasteiger partial charge in [0.05, 0.1) is 19.0 Å². The number of carbonyl (C=O) groups is 1. The minimum absolute atomic E-state index is 0.379. The first-order valence-electron chi connectivity index (χ1n) is 6.16. The van der Waals surface area contributed by atoms with Crippen molar-refractivity contribution in [2.75, 3.05) is 7.11 Å². The molecular weight excluding hydrogens is 292 g/mol. The first kappa shape index (κ1) is 13.5. The molecule has 0 fully saturated rings. The lowest BCUT2D eigenvalue weighted by Gasteiger charge is -2.02. The molecule has 0 saturated carbocycles. The molecule has 0 bridgehead atoms. The average molecular weight is 303 g/mol. The Bertz CT molecular complexity index is 814. The molecule has 1 aromatic carbocycles. The highest BCUT2D eigenvalue weighted by Gasteiger charge is 2.08. The maximum absolute atomic E-state index is 11.1. The molecule has 0 unspecified atom stereocenters. The SMILES string of the molecule is COC(=O)Oc1ccc2nc(-c3cccc(Cl)c3)cn2c1. The van der Waals surface area contributed by atoms with Crippen LogP contribution in [0.15, 0.2) is 48.8 Å². The Balaban J connectivity index is 1.98. The number of nitrogens with zero attached hydrogens (tertiary/aromatic N) is 2. The van der Waals surface area contributed by atoms with E-state index in [1.54, 1.807) is 22.7 Å². The van der Waals surface area contributed by atoms with Gasteiger partial charge in [-0.25, -0.2) is 9.78 Å². The van der Waals surface area contributed by atoms with E-state index >= 15 is 0 Å². The lowest BCUT2D eigenvalue weighted by Crippen LogP contribution is -2.07. The second-order valence-electron chi connectivity index (χ2n) is 4.32. The van der Waals surface area contributed by atoms with Crippen molar-refractivity contribution in [3.8, 4) is 17.0 Å². The van der Waals surface area contributed by atoms with Crippen molar-refractivity contribution in [2.24, 2.45) is 0 Å². The van der Waals surface area contributed by atoms with Gasteiger partial charge in [0.25, 0.3) is 0 Å². The molecule has 2 aromatic heterocycles. The Hall–Kier alpha value is -2.53. The second kappa shape index (κ2) is 5.46. The maximum atomic E-state index is 11.1. The molecule has 2 heterocycles. The van der Waals surface area contributed by atoms with Gasteiger partial charge >= 0.3 is 6.16 Å². The van der Waals surface area contributed by atoms with Crippen LogP contribution in [-0.4, -0.2) is 22.6 Å². The molecule has 0 N–H and O–H groups in total. The maximum Gasteiger partial charge on any atom is 0.513 e. The predicted octanol–water partition coefficient (Wildman–Crippen LogP) is 3.80. The fourth-order valence-electron chi connectivity index (χ4n) is 1.96. The quantitative estimate of drug-likeness (QED) is 0.676. The number of fused-ring (bicyclic) bond motifs is 1. The third kappa shape index (κ3) is 2.83. The number of hydrogen-bond acceptors (Lipinski definition) is 4. The van der Waals surface area contributed by atoms with Crippen molar-refractivity contribution in [1.82, 2.24) is 9.38 Å². The van der Waals surface area contributed by atoms with Crippen molar-refractivity contribution in [3.05, 3.63) is 53.8 Å². The minimum Gasteiger partial charge on any atom is -0.437 e. The number of carbonyl (C=O) groups excluding carboxylic acids is 1. The highest BCUT2D eigenvalue weighted by Crippen LogP contribution is 2.23. The van der Waals surface area contributed by atoms with Crippen molar-refractivity contribution < 1.29 is 14.3 Å². The van der Waals surface area contributed by atoms with Gasteiger partial charge in [-0.3, -0.25) is 0 Å². The molecule has 106 valence electrons. The predicted molar refractivity (Wildman–Crippen MR) is 78.7 cm³/mol. The van der Waals surface area contributed by atoms with E-state index in [1.807, 2.05) is 30.5 Å². The van der Waals surface area contributed by atoms with E-state index in [0.29, 0.717) is 10.8 Å². The third-order valence-corrected chi connectivity index (χ3v) is 3.15. The third-order valence-electron chi connectivity index (χ3n) is 2.91. The van der Waals surface area contributed by atoms with Crippen molar-refractivity contribution in [1.29, 1.82) is 0 Å². The molecule has 3 rings (SSSR count). The molecule has 0 spiro atoms. The molecule has 6 heteroatoms. The summed E-state index contributed by atoms with van der Waals surface area (Å²) in [6, 6.07) is 10.9. The van der Waals surface area contributed by atoms with Crippen molar-refractivity contribution in [3.63, 3.8) is 0 Å². The van der Waals surface area contributed by atoms with E-state index in [9.17, 15) is 4.79 Å². The van der Waals surface area contributed by atoms with E-state index in [1.165, 1.54) is 7.11 Å². The zero-order valence-corrected chi connectivity index (χ0v) is 11.9. The van der Waals surface area contributed by atoms with E-state index in [0.717, 1.165) is 16.9 Å². The topological polar surface area (TPSA) is 52.8 Å². The van der Waals surface area contributed by atoms with Gasteiger partial charge in [0.1, 0.15) is 5.65 Å². The van der Waals surface area contributed by atoms with E-state index in [4.69, 9.17) is 16.3 Å². The number of imidazole rings is 1. The molecule has 0 amide bonds. The molecular formula is C15H11ClN2O3. The van der Waals surface area contributed by atoms with Gasteiger partial charge in [0.15, 0.2) is 5.75 Å². The Kier molecular flexibility index (Phi) is 3.50. The summed E-state index contributed by atoms with van der Waals surface area (Å²) >= 11 is 5.99. The van der Waals surface area contributed by atoms with Crippen LogP contribution in [-0.2, 0) is 4.74 Å². The van der Waals surface area contributed by atoms with Gasteiger partial charge in [-0.15, -0.1) is 0 Å². The fraction of sp³-hybridized carbons (Fsp3) is 0.0667. The van der Waals surface area contributed by atoms with Gasteiger partial charge < -0.3 is 13.9 Å². The molecule has 0 aliphatic heterocycles. The van der Waals surface area contributed by atoms with Gasteiger partial charge in [0.2, 0.25) is 0 Å². The van der Waals surface area contributed by atoms with Crippen LogP contribution in [0.4, 0.5) is 4.79 Å². The Morgan fingerprint density at radius 2 is 2.10 bits per heavy atom. The molecule has 0 radical (unpaired) electrons. The van der Waals surface area contributed by atoms with Gasteiger partial charge in [-0.05, 0) is 24.3 Å². The standard InChI is InChI=1S/C15H11ClN2O3/c1-20-15(19)21-12-5-6-14-17-13(9-18(14)8-12)10-3-2-4-11(16)7-10/h2-9H,1H3. The largest absolute Gasteiger partial charge is 0.513 e. The fourth-order valence-corrected chi connectivity index (χ4v) is 2.15. The van der Waals surface area contributed by atoms with Gasteiger partial charge in [-0.1, -0.05) is 23.7 Å². The van der Waals surface area contributed by atoms with Crippen LogP contribution in [0.3, 0.4) is 0 Å². The van der Waals surface area contributed by atoms with Crippen LogP contribution in [0, 0.1) is 0 Å². The van der Waals surface area contributed by atoms with Crippen LogP contribution < -0.4 is 4.74 Å². The number of aromatic nitrogens is 2. The van der Waals surface area contributed by atoms with Gasteiger partial charge in [0, 0.05) is 16.8 Å². The molecule has 0 aliphatic carbocycles. The first-order valence-corrected chi connectivity index (χ1v) is 6.54. The zero-order chi connectivity index (χ0) is 14.8. The number of halogens is 1. The highest BCUT2D eigenvalue weighted by atomic mass is 35.5. The summed E-state index contributed by atoms with van der Waals surface area (Å²) in [6.07, 6.45) is 2.74. The summed E-state index contributed by atoms with van der Waals surface area (Å²) < 4.78 is 11.2. The van der Waals surface area contributed by atoms with Crippen LogP contribution in [0.1, 0.15) is 0 Å². The summed E-state index contributed by atoms with van der Waals surface area (Å²) in [6.45, 7) is 0. The number of methoxy groups -OCH3 is 1. The smallest absolute Gasteiger partial charge is 0.437 e. The summed E-state index contributed by atoms with van der Waals surface area (Å²) in [5.74, 6) is 0.379. The molecule has 0 saturated heterocycles. The number of rotatable bonds is 2. The molecule has 0 atom stereocenters.